The van der Waals surface area contributed by atoms with Crippen molar-refractivity contribution in [1.29, 1.82) is 0 Å². The third kappa shape index (κ3) is 4.03. The van der Waals surface area contributed by atoms with Gasteiger partial charge >= 0.3 is 0 Å². The molecule has 1 aliphatic rings. The molecule has 0 aromatic rings. The van der Waals surface area contributed by atoms with Gasteiger partial charge in [-0.3, -0.25) is 4.79 Å². The first-order valence-corrected chi connectivity index (χ1v) is 5.94. The second kappa shape index (κ2) is 5.89. The molecule has 2 unspecified atom stereocenters. The molecule has 15 heavy (non-hydrogen) atoms. The van der Waals surface area contributed by atoms with Crippen LogP contribution >= 0.6 is 0 Å². The highest BCUT2D eigenvalue weighted by molar-refractivity contribution is 5.89. The molecule has 0 amide bonds. The molecular weight excluding hydrogens is 184 g/mol. The summed E-state index contributed by atoms with van der Waals surface area (Å²) in [6, 6.07) is 0. The quantitative estimate of drug-likeness (QED) is 0.503. The summed E-state index contributed by atoms with van der Waals surface area (Å²) in [5.74, 6) is 1.51. The van der Waals surface area contributed by atoms with Crippen LogP contribution in [-0.2, 0) is 4.79 Å². The number of hydrogen-bond acceptors (Lipinski definition) is 1. The van der Waals surface area contributed by atoms with Crippen molar-refractivity contribution in [3.63, 3.8) is 0 Å². The Bertz CT molecular complexity index is 273. The Hall–Kier alpha value is -0.850. The first-order valence-electron chi connectivity index (χ1n) is 5.94. The van der Waals surface area contributed by atoms with Crippen molar-refractivity contribution < 1.29 is 4.79 Å². The van der Waals surface area contributed by atoms with Crippen molar-refractivity contribution >= 4 is 5.78 Å². The van der Waals surface area contributed by atoms with E-state index >= 15 is 0 Å². The Kier molecular flexibility index (Phi) is 4.80. The highest BCUT2D eigenvalue weighted by Crippen LogP contribution is 2.30. The molecule has 0 aromatic heterocycles. The lowest BCUT2D eigenvalue weighted by atomic mass is 9.80. The van der Waals surface area contributed by atoms with Crippen LogP contribution in [0, 0.1) is 11.8 Å². The lowest BCUT2D eigenvalue weighted by Crippen LogP contribution is -2.17. The summed E-state index contributed by atoms with van der Waals surface area (Å²) in [6.45, 7) is 6.31. The molecule has 1 rings (SSSR count). The zero-order chi connectivity index (χ0) is 11.3. The minimum absolute atomic E-state index is 0.274. The van der Waals surface area contributed by atoms with Crippen LogP contribution in [-0.4, -0.2) is 5.78 Å². The molecule has 0 bridgehead atoms. The Morgan fingerprint density at radius 1 is 1.67 bits per heavy atom. The molecule has 0 aliphatic heterocycles. The van der Waals surface area contributed by atoms with Gasteiger partial charge in [0.25, 0.3) is 0 Å². The first kappa shape index (κ1) is 12.2. The van der Waals surface area contributed by atoms with Gasteiger partial charge in [0, 0.05) is 6.42 Å². The number of carbonyl (C=O) groups is 1. The topological polar surface area (TPSA) is 17.1 Å². The molecule has 0 heterocycles. The average molecular weight is 206 g/mol. The van der Waals surface area contributed by atoms with Crippen LogP contribution in [0.1, 0.15) is 46.5 Å². The number of rotatable bonds is 4. The standard InChI is InChI=1S/C14H22O/c1-4-5-14(15)10-12(3)13-8-6-11(2)7-9-13/h4-6,12-13H,7-10H2,1-3H3. The van der Waals surface area contributed by atoms with Gasteiger partial charge in [0.15, 0.2) is 5.78 Å². The second-order valence-electron chi connectivity index (χ2n) is 4.73. The summed E-state index contributed by atoms with van der Waals surface area (Å²) >= 11 is 0. The fourth-order valence-electron chi connectivity index (χ4n) is 2.24. The van der Waals surface area contributed by atoms with E-state index in [1.807, 2.05) is 13.0 Å². The zero-order valence-corrected chi connectivity index (χ0v) is 10.1. The van der Waals surface area contributed by atoms with Gasteiger partial charge in [-0.25, -0.2) is 0 Å². The van der Waals surface area contributed by atoms with Crippen LogP contribution in [0.25, 0.3) is 0 Å². The van der Waals surface area contributed by atoms with Gasteiger partial charge in [0.2, 0.25) is 0 Å². The van der Waals surface area contributed by atoms with E-state index in [4.69, 9.17) is 0 Å². The van der Waals surface area contributed by atoms with E-state index in [-0.39, 0.29) is 5.78 Å². The third-order valence-corrected chi connectivity index (χ3v) is 3.36. The van der Waals surface area contributed by atoms with Crippen LogP contribution in [0.4, 0.5) is 0 Å². The van der Waals surface area contributed by atoms with Gasteiger partial charge < -0.3 is 0 Å². The van der Waals surface area contributed by atoms with Gasteiger partial charge in [-0.2, -0.15) is 0 Å². The van der Waals surface area contributed by atoms with E-state index < -0.39 is 0 Å². The SMILES string of the molecule is CC=CC(=O)CC(C)C1CC=C(C)CC1. The molecular formula is C14H22O. The molecule has 0 fully saturated rings. The van der Waals surface area contributed by atoms with E-state index in [0.29, 0.717) is 18.3 Å². The molecule has 0 N–H and O–H groups in total. The summed E-state index contributed by atoms with van der Waals surface area (Å²) in [5.41, 5.74) is 1.51. The van der Waals surface area contributed by atoms with Crippen LogP contribution in [0.5, 0.6) is 0 Å². The lowest BCUT2D eigenvalue weighted by Gasteiger charge is -2.25. The smallest absolute Gasteiger partial charge is 0.155 e. The van der Waals surface area contributed by atoms with Gasteiger partial charge in [-0.1, -0.05) is 24.6 Å². The summed E-state index contributed by atoms with van der Waals surface area (Å²) in [4.78, 5) is 11.5. The molecule has 1 heteroatoms. The summed E-state index contributed by atoms with van der Waals surface area (Å²) in [6.07, 6.45) is 10.2. The normalized spacial score (nSPS) is 23.9. The van der Waals surface area contributed by atoms with Gasteiger partial charge in [0.1, 0.15) is 0 Å². The number of ketones is 1. The number of carbonyl (C=O) groups excluding carboxylic acids is 1. The van der Waals surface area contributed by atoms with Gasteiger partial charge in [-0.05, 0) is 51.0 Å². The van der Waals surface area contributed by atoms with Crippen molar-refractivity contribution in [3.8, 4) is 0 Å². The fraction of sp³-hybridized carbons (Fsp3) is 0.643. The predicted octanol–water partition coefficient (Wildman–Crippen LogP) is 3.90. The van der Waals surface area contributed by atoms with Crippen molar-refractivity contribution in [2.75, 3.05) is 0 Å². The van der Waals surface area contributed by atoms with E-state index in [9.17, 15) is 4.79 Å². The molecule has 1 nitrogen and oxygen atoms in total. The maximum absolute atomic E-state index is 11.5. The Morgan fingerprint density at radius 3 is 2.93 bits per heavy atom. The van der Waals surface area contributed by atoms with Gasteiger partial charge in [-0.15, -0.1) is 0 Å². The number of hydrogen-bond donors (Lipinski definition) is 0. The van der Waals surface area contributed by atoms with E-state index in [2.05, 4.69) is 19.9 Å². The molecule has 0 saturated carbocycles. The molecule has 1 aliphatic carbocycles. The Morgan fingerprint density at radius 2 is 2.40 bits per heavy atom. The second-order valence-corrected chi connectivity index (χ2v) is 4.73. The Labute approximate surface area is 93.3 Å². The highest BCUT2D eigenvalue weighted by Gasteiger charge is 2.20. The van der Waals surface area contributed by atoms with E-state index in [0.717, 1.165) is 6.42 Å². The first-order chi connectivity index (χ1) is 7.13. The molecule has 0 aromatic carbocycles. The summed E-state index contributed by atoms with van der Waals surface area (Å²) in [7, 11) is 0. The lowest BCUT2D eigenvalue weighted by molar-refractivity contribution is -0.115. The highest BCUT2D eigenvalue weighted by atomic mass is 16.1. The predicted molar refractivity (Wildman–Crippen MR) is 64.7 cm³/mol. The van der Waals surface area contributed by atoms with Crippen LogP contribution in [0.3, 0.4) is 0 Å². The van der Waals surface area contributed by atoms with E-state index in [1.165, 1.54) is 18.4 Å². The van der Waals surface area contributed by atoms with Crippen molar-refractivity contribution in [1.82, 2.24) is 0 Å². The minimum atomic E-state index is 0.274. The molecule has 84 valence electrons. The number of allylic oxidation sites excluding steroid dienone is 4. The van der Waals surface area contributed by atoms with Crippen LogP contribution in [0.2, 0.25) is 0 Å². The van der Waals surface area contributed by atoms with Crippen molar-refractivity contribution in [2.24, 2.45) is 11.8 Å². The molecule has 0 radical (unpaired) electrons. The monoisotopic (exact) mass is 206 g/mol. The molecule has 0 spiro atoms. The summed E-state index contributed by atoms with van der Waals surface area (Å²) < 4.78 is 0. The van der Waals surface area contributed by atoms with Crippen molar-refractivity contribution in [3.05, 3.63) is 23.8 Å². The fourth-order valence-corrected chi connectivity index (χ4v) is 2.24. The average Bonchev–Trinajstić information content (AvgIpc) is 2.18. The zero-order valence-electron chi connectivity index (χ0n) is 10.1. The van der Waals surface area contributed by atoms with Gasteiger partial charge in [0.05, 0.1) is 0 Å². The maximum Gasteiger partial charge on any atom is 0.155 e. The summed E-state index contributed by atoms with van der Waals surface area (Å²) in [5, 5.41) is 0. The van der Waals surface area contributed by atoms with Crippen molar-refractivity contribution in [2.45, 2.75) is 46.5 Å². The third-order valence-electron chi connectivity index (χ3n) is 3.36. The van der Waals surface area contributed by atoms with E-state index in [1.54, 1.807) is 6.08 Å². The van der Waals surface area contributed by atoms with Crippen LogP contribution in [0.15, 0.2) is 23.8 Å². The molecule has 2 atom stereocenters. The minimum Gasteiger partial charge on any atom is -0.295 e. The largest absolute Gasteiger partial charge is 0.295 e. The molecule has 0 saturated heterocycles. The maximum atomic E-state index is 11.5. The van der Waals surface area contributed by atoms with Crippen LogP contribution < -0.4 is 0 Å². The Balaban J connectivity index is 2.41.